The minimum absolute atomic E-state index is 0.0329. The number of piperidine rings is 1. The van der Waals surface area contributed by atoms with Crippen molar-refractivity contribution in [1.29, 1.82) is 0 Å². The van der Waals surface area contributed by atoms with Crippen molar-refractivity contribution >= 4 is 23.6 Å². The third-order valence-corrected chi connectivity index (χ3v) is 8.33. The van der Waals surface area contributed by atoms with E-state index in [0.29, 0.717) is 57.7 Å². The van der Waals surface area contributed by atoms with E-state index in [0.717, 1.165) is 12.0 Å². The van der Waals surface area contributed by atoms with Crippen molar-refractivity contribution in [2.24, 2.45) is 0 Å². The molecular weight excluding hydrogens is 515 g/mol. The number of likely N-dealkylation sites (tertiary alicyclic amines) is 1. The first-order valence-corrected chi connectivity index (χ1v) is 13.9. The molecule has 3 aliphatic rings. The van der Waals surface area contributed by atoms with Gasteiger partial charge in [0.2, 0.25) is 11.8 Å². The number of rotatable bonds is 4. The fourth-order valence-corrected chi connectivity index (χ4v) is 5.86. The van der Waals surface area contributed by atoms with Crippen molar-refractivity contribution in [2.75, 3.05) is 45.9 Å². The number of nitrogens with zero attached hydrogens (tertiary/aromatic N) is 4. The zero-order valence-electron chi connectivity index (χ0n) is 23.0. The van der Waals surface area contributed by atoms with Gasteiger partial charge in [-0.2, -0.15) is 0 Å². The molecule has 0 saturated carbocycles. The van der Waals surface area contributed by atoms with Crippen LogP contribution in [0.3, 0.4) is 0 Å². The molecule has 0 bridgehead atoms. The second-order valence-electron chi connectivity index (χ2n) is 10.6. The number of ether oxygens (including phenoxy) is 1. The summed E-state index contributed by atoms with van der Waals surface area (Å²) in [6.45, 7) is 5.94. The highest BCUT2D eigenvalue weighted by Gasteiger charge is 2.55. The van der Waals surface area contributed by atoms with Crippen molar-refractivity contribution in [1.82, 2.24) is 19.6 Å². The molecular formula is C30H35FN4O5. The Morgan fingerprint density at radius 1 is 0.800 bits per heavy atom. The second kappa shape index (κ2) is 11.4. The Kier molecular flexibility index (Phi) is 7.89. The highest BCUT2D eigenvalue weighted by Crippen LogP contribution is 2.39. The molecule has 212 valence electrons. The van der Waals surface area contributed by atoms with Crippen LogP contribution in [-0.2, 0) is 20.7 Å². The zero-order valence-corrected chi connectivity index (χ0v) is 23.0. The zero-order chi connectivity index (χ0) is 28.4. The fourth-order valence-electron chi connectivity index (χ4n) is 5.86. The summed E-state index contributed by atoms with van der Waals surface area (Å²) in [6, 6.07) is 12.0. The van der Waals surface area contributed by atoms with Crippen LogP contribution in [0.4, 0.5) is 4.39 Å². The molecule has 2 aromatic carbocycles. The molecule has 0 aliphatic carbocycles. The lowest BCUT2D eigenvalue weighted by Gasteiger charge is -2.45. The third kappa shape index (κ3) is 5.32. The van der Waals surface area contributed by atoms with Crippen molar-refractivity contribution in [3.05, 3.63) is 71.0 Å². The van der Waals surface area contributed by atoms with Gasteiger partial charge in [-0.3, -0.25) is 24.1 Å². The summed E-state index contributed by atoms with van der Waals surface area (Å²) in [4.78, 5) is 59.2. The van der Waals surface area contributed by atoms with Gasteiger partial charge in [-0.25, -0.2) is 4.39 Å². The van der Waals surface area contributed by atoms with Gasteiger partial charge in [0.1, 0.15) is 17.6 Å². The molecule has 1 atom stereocenters. The van der Waals surface area contributed by atoms with Crippen molar-refractivity contribution in [3.8, 4) is 0 Å². The van der Waals surface area contributed by atoms with Crippen LogP contribution in [-0.4, -0.2) is 101 Å². The van der Waals surface area contributed by atoms with E-state index in [1.807, 2.05) is 24.3 Å². The molecule has 1 spiro atoms. The molecule has 2 aromatic rings. The van der Waals surface area contributed by atoms with Gasteiger partial charge in [0, 0.05) is 70.2 Å². The quantitative estimate of drug-likeness (QED) is 0.584. The Labute approximate surface area is 233 Å². The number of benzene rings is 2. The molecule has 0 aromatic heterocycles. The standard InChI is InChI=1S/C30H35FN4O5/c1-3-22-4-6-23(7-5-22)27(37)33-14-12-30(13-15-33)35(28(38)24-8-10-25(31)11-9-24)26(20-40-30)29(39)34-18-16-32(17-19-34)21(2)36/h4-11,26H,3,12-20H2,1-2H3/t26-/m0/s1. The number of halogens is 1. The number of carbonyl (C=O) groups excluding carboxylic acids is 4. The molecule has 0 radical (unpaired) electrons. The average Bonchev–Trinajstić information content (AvgIpc) is 3.35. The maximum absolute atomic E-state index is 13.9. The highest BCUT2D eigenvalue weighted by atomic mass is 19.1. The lowest BCUT2D eigenvalue weighted by molar-refractivity contribution is -0.142. The summed E-state index contributed by atoms with van der Waals surface area (Å²) < 4.78 is 19.9. The summed E-state index contributed by atoms with van der Waals surface area (Å²) >= 11 is 0. The summed E-state index contributed by atoms with van der Waals surface area (Å²) in [7, 11) is 0. The number of aryl methyl sites for hydroxylation is 1. The number of piperazine rings is 1. The van der Waals surface area contributed by atoms with Crippen molar-refractivity contribution in [2.45, 2.75) is 44.9 Å². The molecule has 3 saturated heterocycles. The van der Waals surface area contributed by atoms with Crippen LogP contribution in [0.25, 0.3) is 0 Å². The first-order valence-electron chi connectivity index (χ1n) is 13.9. The Morgan fingerprint density at radius 3 is 1.93 bits per heavy atom. The number of carbonyl (C=O) groups is 4. The minimum Gasteiger partial charge on any atom is -0.353 e. The van der Waals surface area contributed by atoms with E-state index >= 15 is 0 Å². The van der Waals surface area contributed by atoms with E-state index in [1.165, 1.54) is 36.1 Å². The molecule has 0 unspecified atom stereocenters. The largest absolute Gasteiger partial charge is 0.353 e. The van der Waals surface area contributed by atoms with Crippen LogP contribution in [0.2, 0.25) is 0 Å². The maximum Gasteiger partial charge on any atom is 0.256 e. The number of hydrogen-bond donors (Lipinski definition) is 0. The predicted octanol–water partition coefficient (Wildman–Crippen LogP) is 2.55. The summed E-state index contributed by atoms with van der Waals surface area (Å²) in [5, 5.41) is 0. The normalized spacial score (nSPS) is 20.6. The molecule has 5 rings (SSSR count). The van der Waals surface area contributed by atoms with Gasteiger partial charge in [-0.05, 0) is 48.4 Å². The van der Waals surface area contributed by atoms with Crippen LogP contribution in [0.1, 0.15) is 53.0 Å². The minimum atomic E-state index is -1.06. The van der Waals surface area contributed by atoms with Crippen LogP contribution in [0, 0.1) is 5.82 Å². The molecule has 0 N–H and O–H groups in total. The van der Waals surface area contributed by atoms with Crippen molar-refractivity contribution < 1.29 is 28.3 Å². The summed E-state index contributed by atoms with van der Waals surface area (Å²) in [5.74, 6) is -1.22. The van der Waals surface area contributed by atoms with E-state index in [4.69, 9.17) is 4.74 Å². The molecule has 9 nitrogen and oxygen atoms in total. The first-order chi connectivity index (χ1) is 19.2. The monoisotopic (exact) mass is 550 g/mol. The van der Waals surface area contributed by atoms with E-state index in [2.05, 4.69) is 6.92 Å². The van der Waals surface area contributed by atoms with E-state index in [1.54, 1.807) is 14.7 Å². The van der Waals surface area contributed by atoms with Crippen LogP contribution in [0.5, 0.6) is 0 Å². The van der Waals surface area contributed by atoms with E-state index < -0.39 is 23.5 Å². The Balaban J connectivity index is 1.36. The first kappa shape index (κ1) is 27.8. The lowest BCUT2D eigenvalue weighted by Crippen LogP contribution is -2.61. The smallest absolute Gasteiger partial charge is 0.256 e. The molecule has 40 heavy (non-hydrogen) atoms. The molecule has 3 aliphatic heterocycles. The van der Waals surface area contributed by atoms with E-state index in [9.17, 15) is 23.6 Å². The molecule has 10 heteroatoms. The Hall–Kier alpha value is -3.79. The molecule has 4 amide bonds. The van der Waals surface area contributed by atoms with Gasteiger partial charge >= 0.3 is 0 Å². The average molecular weight is 551 g/mol. The summed E-state index contributed by atoms with van der Waals surface area (Å²) in [6.07, 6.45) is 1.59. The van der Waals surface area contributed by atoms with Crippen LogP contribution >= 0.6 is 0 Å². The Morgan fingerprint density at radius 2 is 1.35 bits per heavy atom. The number of amides is 4. The highest BCUT2D eigenvalue weighted by molar-refractivity contribution is 5.98. The Bertz CT molecular complexity index is 1270. The SMILES string of the molecule is CCc1ccc(C(=O)N2CCC3(CC2)OC[C@@H](C(=O)N2CCN(C(C)=O)CC2)N3C(=O)c2ccc(F)cc2)cc1. The van der Waals surface area contributed by atoms with Gasteiger partial charge in [0.05, 0.1) is 6.61 Å². The number of hydrogen-bond acceptors (Lipinski definition) is 5. The third-order valence-electron chi connectivity index (χ3n) is 8.33. The van der Waals surface area contributed by atoms with E-state index in [-0.39, 0.29) is 29.9 Å². The van der Waals surface area contributed by atoms with Gasteiger partial charge in [-0.15, -0.1) is 0 Å². The van der Waals surface area contributed by atoms with Gasteiger partial charge in [0.15, 0.2) is 0 Å². The van der Waals surface area contributed by atoms with Crippen molar-refractivity contribution in [3.63, 3.8) is 0 Å². The van der Waals surface area contributed by atoms with Gasteiger partial charge in [-0.1, -0.05) is 19.1 Å². The second-order valence-corrected chi connectivity index (χ2v) is 10.6. The van der Waals surface area contributed by atoms with Gasteiger partial charge < -0.3 is 19.4 Å². The van der Waals surface area contributed by atoms with Crippen LogP contribution < -0.4 is 0 Å². The topological polar surface area (TPSA) is 90.5 Å². The molecule has 3 heterocycles. The predicted molar refractivity (Wildman–Crippen MR) is 145 cm³/mol. The van der Waals surface area contributed by atoms with Crippen LogP contribution in [0.15, 0.2) is 48.5 Å². The maximum atomic E-state index is 13.9. The lowest BCUT2D eigenvalue weighted by atomic mass is 9.95. The summed E-state index contributed by atoms with van der Waals surface area (Å²) in [5.41, 5.74) is 0.968. The molecule has 3 fully saturated rings. The fraction of sp³-hybridized carbons (Fsp3) is 0.467. The van der Waals surface area contributed by atoms with Gasteiger partial charge in [0.25, 0.3) is 11.8 Å².